The molecule has 1 atom stereocenters. The molecule has 26 heavy (non-hydrogen) atoms. The van der Waals surface area contributed by atoms with Gasteiger partial charge in [0.25, 0.3) is 11.5 Å². The number of nitrogens with one attached hydrogen (secondary N) is 1. The van der Waals surface area contributed by atoms with Gasteiger partial charge in [-0.15, -0.1) is 0 Å². The number of fused-ring (bicyclic) bond motifs is 1. The van der Waals surface area contributed by atoms with Crippen molar-refractivity contribution in [1.29, 1.82) is 0 Å². The van der Waals surface area contributed by atoms with E-state index in [0.29, 0.717) is 22.7 Å². The number of methoxy groups -OCH3 is 1. The summed E-state index contributed by atoms with van der Waals surface area (Å²) in [7, 11) is 1.23. The average Bonchev–Trinajstić information content (AvgIpc) is 3.08. The Morgan fingerprint density at radius 3 is 2.69 bits per heavy atom. The van der Waals surface area contributed by atoms with E-state index in [9.17, 15) is 14.4 Å². The highest BCUT2D eigenvalue weighted by molar-refractivity contribution is 5.97. The summed E-state index contributed by atoms with van der Waals surface area (Å²) in [5.74, 6) is -0.109. The zero-order valence-electron chi connectivity index (χ0n) is 14.6. The Morgan fingerprint density at radius 2 is 1.96 bits per heavy atom. The number of benzene rings is 1. The zero-order valence-corrected chi connectivity index (χ0v) is 14.6. The highest BCUT2D eigenvalue weighted by atomic mass is 16.7. The maximum atomic E-state index is 12.9. The third-order valence-corrected chi connectivity index (χ3v) is 4.06. The molecule has 8 heteroatoms. The van der Waals surface area contributed by atoms with Gasteiger partial charge >= 0.3 is 5.97 Å². The van der Waals surface area contributed by atoms with E-state index in [2.05, 4.69) is 10.1 Å². The van der Waals surface area contributed by atoms with Gasteiger partial charge in [-0.2, -0.15) is 0 Å². The highest BCUT2D eigenvalue weighted by Gasteiger charge is 2.22. The molecule has 0 saturated carbocycles. The molecule has 0 fully saturated rings. The fraction of sp³-hybridized carbons (Fsp3) is 0.278. The molecular weight excluding hydrogens is 340 g/mol. The number of ether oxygens (including phenoxy) is 3. The van der Waals surface area contributed by atoms with E-state index >= 15 is 0 Å². The number of hydrogen-bond donors (Lipinski definition) is 1. The summed E-state index contributed by atoms with van der Waals surface area (Å²) >= 11 is 0. The van der Waals surface area contributed by atoms with E-state index in [4.69, 9.17) is 9.47 Å². The van der Waals surface area contributed by atoms with Gasteiger partial charge in [-0.05, 0) is 37.6 Å². The first-order valence-corrected chi connectivity index (χ1v) is 7.93. The van der Waals surface area contributed by atoms with E-state index in [1.807, 2.05) is 0 Å². The van der Waals surface area contributed by atoms with E-state index in [0.717, 1.165) is 0 Å². The molecule has 1 aromatic heterocycles. The summed E-state index contributed by atoms with van der Waals surface area (Å²) in [6, 6.07) is 5.85. The summed E-state index contributed by atoms with van der Waals surface area (Å²) in [4.78, 5) is 36.9. The van der Waals surface area contributed by atoms with E-state index in [1.54, 1.807) is 37.4 Å². The molecule has 1 N–H and O–H groups in total. The van der Waals surface area contributed by atoms with Crippen LogP contribution in [0.1, 0.15) is 22.8 Å². The number of aryl methyl sites for hydroxylation is 1. The maximum absolute atomic E-state index is 12.9. The normalized spacial score (nSPS) is 13.2. The molecule has 2 heterocycles. The molecule has 0 aliphatic carbocycles. The number of nitrogens with zero attached hydrogens (tertiary/aromatic N) is 1. The zero-order chi connectivity index (χ0) is 18.8. The largest absolute Gasteiger partial charge is 0.467 e. The Bertz CT molecular complexity index is 934. The van der Waals surface area contributed by atoms with Crippen LogP contribution in [-0.4, -0.2) is 36.4 Å². The number of rotatable bonds is 4. The number of aromatic nitrogens is 1. The second-order valence-electron chi connectivity index (χ2n) is 5.80. The van der Waals surface area contributed by atoms with Crippen LogP contribution in [0.5, 0.6) is 11.5 Å². The van der Waals surface area contributed by atoms with Crippen molar-refractivity contribution in [3.63, 3.8) is 0 Å². The Balaban J connectivity index is 1.98. The predicted octanol–water partition coefficient (Wildman–Crippen LogP) is 1.17. The highest BCUT2D eigenvalue weighted by Crippen LogP contribution is 2.33. The minimum absolute atomic E-state index is 0.0408. The topological polar surface area (TPSA) is 95.9 Å². The van der Waals surface area contributed by atoms with E-state index < -0.39 is 23.5 Å². The number of hydrogen-bond acceptors (Lipinski definition) is 6. The quantitative estimate of drug-likeness (QED) is 0.824. The lowest BCUT2D eigenvalue weighted by atomic mass is 10.1. The Kier molecular flexibility index (Phi) is 4.66. The van der Waals surface area contributed by atoms with Crippen LogP contribution in [0.15, 0.2) is 35.3 Å². The summed E-state index contributed by atoms with van der Waals surface area (Å²) < 4.78 is 16.5. The monoisotopic (exact) mass is 358 g/mol. The number of pyridine rings is 1. The van der Waals surface area contributed by atoms with Gasteiger partial charge in [-0.25, -0.2) is 4.79 Å². The van der Waals surface area contributed by atoms with Crippen molar-refractivity contribution in [2.24, 2.45) is 0 Å². The summed E-state index contributed by atoms with van der Waals surface area (Å²) in [6.45, 7) is 3.27. The lowest BCUT2D eigenvalue weighted by Gasteiger charge is -2.14. The van der Waals surface area contributed by atoms with Gasteiger partial charge in [-0.3, -0.25) is 14.2 Å². The molecule has 0 spiro atoms. The summed E-state index contributed by atoms with van der Waals surface area (Å²) in [5, 5.41) is 2.48. The molecule has 3 rings (SSSR count). The maximum Gasteiger partial charge on any atom is 0.328 e. The first-order valence-electron chi connectivity index (χ1n) is 7.93. The van der Waals surface area contributed by atoms with Gasteiger partial charge in [0.15, 0.2) is 11.5 Å². The number of carbonyl (C=O) groups excluding carboxylic acids is 2. The molecule has 0 radical (unpaired) electrons. The van der Waals surface area contributed by atoms with Crippen LogP contribution in [0.3, 0.4) is 0 Å². The van der Waals surface area contributed by atoms with Crippen LogP contribution in [-0.2, 0) is 9.53 Å². The fourth-order valence-corrected chi connectivity index (χ4v) is 2.65. The molecule has 0 saturated heterocycles. The van der Waals surface area contributed by atoms with Gasteiger partial charge < -0.3 is 19.5 Å². The molecule has 1 aliphatic rings. The van der Waals surface area contributed by atoms with Crippen LogP contribution in [0.4, 0.5) is 0 Å². The Labute approximate surface area is 149 Å². The second kappa shape index (κ2) is 6.91. The van der Waals surface area contributed by atoms with Crippen molar-refractivity contribution in [1.82, 2.24) is 9.88 Å². The lowest BCUT2D eigenvalue weighted by molar-refractivity contribution is -0.142. The third kappa shape index (κ3) is 3.13. The van der Waals surface area contributed by atoms with Crippen LogP contribution < -0.4 is 20.3 Å². The van der Waals surface area contributed by atoms with Gasteiger partial charge in [0.05, 0.1) is 12.8 Å². The third-order valence-electron chi connectivity index (χ3n) is 4.06. The molecule has 1 amide bonds. The standard InChI is InChI=1S/C18H18N2O6/c1-10-6-7-20(12-4-5-13-14(8-12)26-9-25-13)17(22)15(10)16(21)19-11(2)18(23)24-3/h4-8,11H,9H2,1-3H3,(H,19,21). The summed E-state index contributed by atoms with van der Waals surface area (Å²) in [5.41, 5.74) is 0.496. The van der Waals surface area contributed by atoms with Crippen molar-refractivity contribution in [3.05, 3.63) is 51.9 Å². The Morgan fingerprint density at radius 1 is 1.23 bits per heavy atom. The van der Waals surface area contributed by atoms with Gasteiger partial charge in [0, 0.05) is 12.3 Å². The van der Waals surface area contributed by atoms with Gasteiger partial charge in [0.1, 0.15) is 11.6 Å². The SMILES string of the molecule is COC(=O)C(C)NC(=O)c1c(C)ccn(-c2ccc3c(c2)OCO3)c1=O. The first-order chi connectivity index (χ1) is 12.4. The van der Waals surface area contributed by atoms with Crippen molar-refractivity contribution < 1.29 is 23.8 Å². The second-order valence-corrected chi connectivity index (χ2v) is 5.80. The minimum atomic E-state index is -0.870. The van der Waals surface area contributed by atoms with Crippen LogP contribution >= 0.6 is 0 Å². The van der Waals surface area contributed by atoms with Crippen molar-refractivity contribution >= 4 is 11.9 Å². The molecule has 2 aromatic rings. The molecule has 136 valence electrons. The van der Waals surface area contributed by atoms with E-state index in [1.165, 1.54) is 18.6 Å². The van der Waals surface area contributed by atoms with Gasteiger partial charge in [-0.1, -0.05) is 0 Å². The number of carbonyl (C=O) groups is 2. The lowest BCUT2D eigenvalue weighted by Crippen LogP contribution is -2.42. The number of amides is 1. The molecule has 1 unspecified atom stereocenters. The van der Waals surface area contributed by atoms with Crippen molar-refractivity contribution in [2.45, 2.75) is 19.9 Å². The Hall–Kier alpha value is -3.29. The molecule has 8 nitrogen and oxygen atoms in total. The average molecular weight is 358 g/mol. The molecular formula is C18H18N2O6. The van der Waals surface area contributed by atoms with Crippen molar-refractivity contribution in [2.75, 3.05) is 13.9 Å². The first kappa shape index (κ1) is 17.5. The summed E-state index contributed by atoms with van der Waals surface area (Å²) in [6.07, 6.45) is 1.58. The van der Waals surface area contributed by atoms with Crippen LogP contribution in [0, 0.1) is 6.92 Å². The van der Waals surface area contributed by atoms with Crippen LogP contribution in [0.2, 0.25) is 0 Å². The predicted molar refractivity (Wildman–Crippen MR) is 91.8 cm³/mol. The molecule has 0 bridgehead atoms. The minimum Gasteiger partial charge on any atom is -0.467 e. The van der Waals surface area contributed by atoms with Crippen molar-refractivity contribution in [3.8, 4) is 17.2 Å². The van der Waals surface area contributed by atoms with E-state index in [-0.39, 0.29) is 12.4 Å². The molecule has 1 aromatic carbocycles. The van der Waals surface area contributed by atoms with Gasteiger partial charge in [0.2, 0.25) is 6.79 Å². The number of esters is 1. The van der Waals surface area contributed by atoms with Crippen LogP contribution in [0.25, 0.3) is 5.69 Å². The molecule has 1 aliphatic heterocycles. The fourth-order valence-electron chi connectivity index (χ4n) is 2.65. The smallest absolute Gasteiger partial charge is 0.328 e.